The molecule has 3 aromatic rings. The van der Waals surface area contributed by atoms with Crippen molar-refractivity contribution in [2.45, 2.75) is 5.16 Å². The summed E-state index contributed by atoms with van der Waals surface area (Å²) in [6, 6.07) is 20.3. The van der Waals surface area contributed by atoms with E-state index in [0.717, 1.165) is 28.0 Å². The second-order valence-corrected chi connectivity index (χ2v) is 5.43. The largest absolute Gasteiger partial charge is 0.270 e. The van der Waals surface area contributed by atoms with E-state index in [1.165, 1.54) is 0 Å². The number of benzene rings is 2. The molecule has 0 aliphatic rings. The maximum Gasteiger partial charge on any atom is 0.196 e. The molecule has 0 atom stereocenters. The number of rotatable bonds is 5. The van der Waals surface area contributed by atoms with E-state index in [1.807, 2.05) is 54.6 Å². The summed E-state index contributed by atoms with van der Waals surface area (Å²) < 4.78 is 2.09. The molecule has 0 spiro atoms. The molecule has 0 N–H and O–H groups in total. The zero-order chi connectivity index (χ0) is 14.5. The number of nitrogens with zero attached hydrogens (tertiary/aromatic N) is 3. The minimum absolute atomic E-state index is 0.805. The van der Waals surface area contributed by atoms with Crippen molar-refractivity contribution in [2.75, 3.05) is 5.75 Å². The van der Waals surface area contributed by atoms with Crippen LogP contribution in [-0.2, 0) is 0 Å². The molecule has 1 heterocycles. The number of hydrogen-bond acceptors (Lipinski definition) is 3. The number of para-hydroxylation sites is 1. The average molecular weight is 293 g/mol. The summed E-state index contributed by atoms with van der Waals surface area (Å²) in [5.74, 6) is 1.66. The van der Waals surface area contributed by atoms with Crippen LogP contribution in [0.25, 0.3) is 17.1 Å². The fourth-order valence-electron chi connectivity index (χ4n) is 2.08. The predicted octanol–water partition coefficient (Wildman–Crippen LogP) is 4.21. The summed E-state index contributed by atoms with van der Waals surface area (Å²) in [4.78, 5) is 0. The molecule has 0 aliphatic carbocycles. The Kier molecular flexibility index (Phi) is 4.17. The van der Waals surface area contributed by atoms with Crippen LogP contribution in [0.3, 0.4) is 0 Å². The molecule has 0 bridgehead atoms. The van der Waals surface area contributed by atoms with Gasteiger partial charge in [-0.05, 0) is 12.1 Å². The van der Waals surface area contributed by atoms with Crippen LogP contribution in [-0.4, -0.2) is 20.5 Å². The maximum atomic E-state index is 4.37. The first-order valence-corrected chi connectivity index (χ1v) is 7.68. The van der Waals surface area contributed by atoms with Crippen molar-refractivity contribution in [3.05, 3.63) is 73.3 Å². The molecule has 21 heavy (non-hydrogen) atoms. The highest BCUT2D eigenvalue weighted by Gasteiger charge is 2.15. The Labute approximate surface area is 128 Å². The molecule has 0 amide bonds. The van der Waals surface area contributed by atoms with Gasteiger partial charge in [0, 0.05) is 17.0 Å². The molecule has 3 nitrogen and oxygen atoms in total. The van der Waals surface area contributed by atoms with Crippen molar-refractivity contribution in [2.24, 2.45) is 0 Å². The highest BCUT2D eigenvalue weighted by atomic mass is 32.2. The molecular formula is C17H15N3S. The van der Waals surface area contributed by atoms with Gasteiger partial charge >= 0.3 is 0 Å². The van der Waals surface area contributed by atoms with Crippen LogP contribution in [0, 0.1) is 0 Å². The van der Waals surface area contributed by atoms with E-state index in [-0.39, 0.29) is 0 Å². The van der Waals surface area contributed by atoms with E-state index in [9.17, 15) is 0 Å². The van der Waals surface area contributed by atoms with Crippen molar-refractivity contribution < 1.29 is 0 Å². The van der Waals surface area contributed by atoms with Gasteiger partial charge in [0.1, 0.15) is 0 Å². The summed E-state index contributed by atoms with van der Waals surface area (Å²) in [5, 5.41) is 9.58. The maximum absolute atomic E-state index is 4.37. The molecular weight excluding hydrogens is 278 g/mol. The van der Waals surface area contributed by atoms with Gasteiger partial charge in [0.15, 0.2) is 11.0 Å². The van der Waals surface area contributed by atoms with Crippen LogP contribution in [0.15, 0.2) is 78.5 Å². The Morgan fingerprint density at radius 3 is 2.29 bits per heavy atom. The first-order valence-electron chi connectivity index (χ1n) is 6.70. The Balaban J connectivity index is 2.13. The highest BCUT2D eigenvalue weighted by molar-refractivity contribution is 7.99. The van der Waals surface area contributed by atoms with Gasteiger partial charge in [0.05, 0.1) is 0 Å². The standard InChI is InChI=1S/C17H15N3S/c1-2-13-21-17-19-18-16(14-9-5-3-6-10-14)20(17)15-11-7-4-8-12-15/h2-12H,1,13H2. The first-order chi connectivity index (χ1) is 10.4. The van der Waals surface area contributed by atoms with Crippen LogP contribution < -0.4 is 0 Å². The second-order valence-electron chi connectivity index (χ2n) is 4.44. The summed E-state index contributed by atoms with van der Waals surface area (Å²) in [5.41, 5.74) is 2.12. The SMILES string of the molecule is C=CCSc1nnc(-c2ccccc2)n1-c1ccccc1. The van der Waals surface area contributed by atoms with Gasteiger partial charge in [0.25, 0.3) is 0 Å². The third-order valence-electron chi connectivity index (χ3n) is 3.01. The third kappa shape index (κ3) is 2.90. The zero-order valence-corrected chi connectivity index (χ0v) is 12.3. The van der Waals surface area contributed by atoms with Gasteiger partial charge in [0.2, 0.25) is 0 Å². The molecule has 0 aliphatic heterocycles. The fraction of sp³-hybridized carbons (Fsp3) is 0.0588. The molecule has 0 fully saturated rings. The molecule has 0 saturated carbocycles. The normalized spacial score (nSPS) is 10.5. The van der Waals surface area contributed by atoms with Crippen LogP contribution >= 0.6 is 11.8 Å². The molecule has 4 heteroatoms. The van der Waals surface area contributed by atoms with E-state index >= 15 is 0 Å². The quantitative estimate of drug-likeness (QED) is 0.521. The fourth-order valence-corrected chi connectivity index (χ4v) is 2.77. The van der Waals surface area contributed by atoms with Gasteiger partial charge in [-0.25, -0.2) is 0 Å². The monoisotopic (exact) mass is 293 g/mol. The van der Waals surface area contributed by atoms with Crippen molar-refractivity contribution in [3.63, 3.8) is 0 Å². The molecule has 2 aromatic carbocycles. The molecule has 1 aromatic heterocycles. The summed E-state index contributed by atoms with van der Waals surface area (Å²) >= 11 is 1.63. The smallest absolute Gasteiger partial charge is 0.196 e. The number of hydrogen-bond donors (Lipinski definition) is 0. The molecule has 0 unspecified atom stereocenters. The third-order valence-corrected chi connectivity index (χ3v) is 3.93. The van der Waals surface area contributed by atoms with Crippen LogP contribution in [0.2, 0.25) is 0 Å². The zero-order valence-electron chi connectivity index (χ0n) is 11.5. The minimum atomic E-state index is 0.805. The van der Waals surface area contributed by atoms with E-state index in [2.05, 4.69) is 33.5 Å². The first kappa shape index (κ1) is 13.6. The Morgan fingerprint density at radius 1 is 0.952 bits per heavy atom. The van der Waals surface area contributed by atoms with Crippen molar-refractivity contribution >= 4 is 11.8 Å². The highest BCUT2D eigenvalue weighted by Crippen LogP contribution is 2.27. The molecule has 3 rings (SSSR count). The van der Waals surface area contributed by atoms with Gasteiger partial charge in [-0.15, -0.1) is 16.8 Å². The molecule has 0 radical (unpaired) electrons. The Morgan fingerprint density at radius 2 is 1.62 bits per heavy atom. The van der Waals surface area contributed by atoms with Crippen LogP contribution in [0.4, 0.5) is 0 Å². The van der Waals surface area contributed by atoms with E-state index in [1.54, 1.807) is 11.8 Å². The minimum Gasteiger partial charge on any atom is -0.270 e. The van der Waals surface area contributed by atoms with Gasteiger partial charge < -0.3 is 0 Å². The van der Waals surface area contributed by atoms with E-state index < -0.39 is 0 Å². The second kappa shape index (κ2) is 6.41. The number of thioether (sulfide) groups is 1. The van der Waals surface area contributed by atoms with Gasteiger partial charge in [-0.2, -0.15) is 0 Å². The lowest BCUT2D eigenvalue weighted by Crippen LogP contribution is -1.99. The van der Waals surface area contributed by atoms with Gasteiger partial charge in [-0.1, -0.05) is 66.4 Å². The summed E-state index contributed by atoms with van der Waals surface area (Å²) in [6.45, 7) is 3.76. The van der Waals surface area contributed by atoms with Crippen LogP contribution in [0.1, 0.15) is 0 Å². The van der Waals surface area contributed by atoms with Crippen molar-refractivity contribution in [3.8, 4) is 17.1 Å². The summed E-state index contributed by atoms with van der Waals surface area (Å²) in [7, 11) is 0. The molecule has 104 valence electrons. The topological polar surface area (TPSA) is 30.7 Å². The predicted molar refractivity (Wildman–Crippen MR) is 87.7 cm³/mol. The summed E-state index contributed by atoms with van der Waals surface area (Å²) in [6.07, 6.45) is 1.87. The van der Waals surface area contributed by atoms with Crippen molar-refractivity contribution in [1.82, 2.24) is 14.8 Å². The van der Waals surface area contributed by atoms with Crippen molar-refractivity contribution in [1.29, 1.82) is 0 Å². The molecule has 0 saturated heterocycles. The van der Waals surface area contributed by atoms with Gasteiger partial charge in [-0.3, -0.25) is 4.57 Å². The Hall–Kier alpha value is -2.33. The lowest BCUT2D eigenvalue weighted by molar-refractivity contribution is 0.888. The van der Waals surface area contributed by atoms with Crippen LogP contribution in [0.5, 0.6) is 0 Å². The number of aromatic nitrogens is 3. The van der Waals surface area contributed by atoms with E-state index in [0.29, 0.717) is 0 Å². The average Bonchev–Trinajstić information content (AvgIpc) is 2.98. The Bertz CT molecular complexity index is 720. The lowest BCUT2D eigenvalue weighted by atomic mass is 10.2. The lowest BCUT2D eigenvalue weighted by Gasteiger charge is -2.09. The van der Waals surface area contributed by atoms with E-state index in [4.69, 9.17) is 0 Å².